The monoisotopic (exact) mass is 399 g/mol. The molecule has 0 radical (unpaired) electrons. The number of likely N-dealkylation sites (tertiary alicyclic amines) is 1. The molecular formula is C21H21NO7. The molecule has 8 heteroatoms. The van der Waals surface area contributed by atoms with Gasteiger partial charge in [-0.3, -0.25) is 4.79 Å². The molecule has 29 heavy (non-hydrogen) atoms. The number of rotatable bonds is 1. The van der Waals surface area contributed by atoms with E-state index in [2.05, 4.69) is 0 Å². The highest BCUT2D eigenvalue weighted by Gasteiger charge is 2.54. The van der Waals surface area contributed by atoms with Crippen LogP contribution in [0.4, 0.5) is 4.79 Å². The van der Waals surface area contributed by atoms with Crippen LogP contribution in [0.3, 0.4) is 0 Å². The van der Waals surface area contributed by atoms with Crippen LogP contribution in [0.2, 0.25) is 0 Å². The van der Waals surface area contributed by atoms with E-state index >= 15 is 0 Å². The van der Waals surface area contributed by atoms with Gasteiger partial charge in [-0.15, -0.1) is 0 Å². The van der Waals surface area contributed by atoms with Crippen molar-refractivity contribution >= 4 is 28.7 Å². The van der Waals surface area contributed by atoms with E-state index in [4.69, 9.17) is 14.2 Å². The van der Waals surface area contributed by atoms with Gasteiger partial charge in [0.2, 0.25) is 5.91 Å². The molecule has 152 valence electrons. The van der Waals surface area contributed by atoms with Crippen LogP contribution in [0, 0.1) is 0 Å². The molecular weight excluding hydrogens is 378 g/mol. The molecule has 1 fully saturated rings. The average molecular weight is 399 g/mol. The summed E-state index contributed by atoms with van der Waals surface area (Å²) in [6, 6.07) is 6.01. The summed E-state index contributed by atoms with van der Waals surface area (Å²) in [6.07, 6.45) is -1.55. The molecule has 2 aliphatic rings. The number of phenols is 1. The molecule has 1 saturated heterocycles. The maximum Gasteiger partial charge on any atom is 0.417 e. The van der Waals surface area contributed by atoms with Crippen molar-refractivity contribution in [3.05, 3.63) is 35.4 Å². The molecule has 0 unspecified atom stereocenters. The van der Waals surface area contributed by atoms with Gasteiger partial charge in [0.25, 0.3) is 0 Å². The second-order valence-corrected chi connectivity index (χ2v) is 8.05. The van der Waals surface area contributed by atoms with Gasteiger partial charge in [0.1, 0.15) is 34.8 Å². The van der Waals surface area contributed by atoms with Gasteiger partial charge in [-0.1, -0.05) is 24.3 Å². The summed E-state index contributed by atoms with van der Waals surface area (Å²) in [5.74, 6) is -1.17. The Morgan fingerprint density at radius 1 is 1.21 bits per heavy atom. The van der Waals surface area contributed by atoms with Crippen LogP contribution in [0.1, 0.15) is 49.2 Å². The van der Waals surface area contributed by atoms with Crippen LogP contribution in [-0.2, 0) is 14.3 Å². The van der Waals surface area contributed by atoms with Crippen LogP contribution in [0.5, 0.6) is 11.5 Å². The lowest BCUT2D eigenvalue weighted by atomic mass is 9.93. The van der Waals surface area contributed by atoms with Gasteiger partial charge in [0, 0.05) is 16.3 Å². The maximum atomic E-state index is 12.8. The molecule has 0 aliphatic carbocycles. The Morgan fingerprint density at radius 2 is 1.86 bits per heavy atom. The highest BCUT2D eigenvalue weighted by Crippen LogP contribution is 2.53. The summed E-state index contributed by atoms with van der Waals surface area (Å²) in [5.41, 5.74) is -0.666. The molecule has 2 heterocycles. The number of nitrogens with zero attached hydrogens (tertiary/aromatic N) is 1. The molecule has 2 atom stereocenters. The van der Waals surface area contributed by atoms with Gasteiger partial charge in [0.15, 0.2) is 0 Å². The summed E-state index contributed by atoms with van der Waals surface area (Å²) >= 11 is 0. The molecule has 1 N–H and O–H groups in total. The zero-order chi connectivity index (χ0) is 21.1. The van der Waals surface area contributed by atoms with Crippen LogP contribution < -0.4 is 4.74 Å². The van der Waals surface area contributed by atoms with E-state index in [-0.39, 0.29) is 23.3 Å². The van der Waals surface area contributed by atoms with Crippen LogP contribution in [-0.4, -0.2) is 46.8 Å². The van der Waals surface area contributed by atoms with Gasteiger partial charge >= 0.3 is 12.1 Å². The maximum absolute atomic E-state index is 12.8. The smallest absolute Gasteiger partial charge is 0.417 e. The largest absolute Gasteiger partial charge is 0.506 e. The van der Waals surface area contributed by atoms with E-state index in [1.165, 1.54) is 7.11 Å². The molecule has 2 aliphatic heterocycles. The van der Waals surface area contributed by atoms with Gasteiger partial charge in [-0.05, 0) is 20.8 Å². The first-order chi connectivity index (χ1) is 13.6. The van der Waals surface area contributed by atoms with E-state index in [1.54, 1.807) is 45.0 Å². The van der Waals surface area contributed by atoms with Crippen molar-refractivity contribution in [2.45, 2.75) is 44.9 Å². The minimum absolute atomic E-state index is 0.0473. The SMILES string of the molecule is COC(=O)c1c2c(c3ccccc3c1O)O[C@@H]1CC(=O)N(C(=O)OC(C)(C)C)[C@H]21. The van der Waals surface area contributed by atoms with Crippen LogP contribution in [0.25, 0.3) is 10.8 Å². The fraction of sp³-hybridized carbons (Fsp3) is 0.381. The minimum atomic E-state index is -0.892. The van der Waals surface area contributed by atoms with E-state index in [9.17, 15) is 19.5 Å². The number of carbonyl (C=O) groups excluding carboxylic acids is 3. The Kier molecular flexibility index (Phi) is 4.18. The van der Waals surface area contributed by atoms with Crippen molar-refractivity contribution in [3.8, 4) is 11.5 Å². The highest BCUT2D eigenvalue weighted by molar-refractivity contribution is 6.07. The summed E-state index contributed by atoms with van der Waals surface area (Å²) < 4.78 is 16.3. The van der Waals surface area contributed by atoms with E-state index in [0.29, 0.717) is 16.5 Å². The predicted molar refractivity (Wildman–Crippen MR) is 102 cm³/mol. The first-order valence-corrected chi connectivity index (χ1v) is 9.21. The molecule has 2 amide bonds. The number of imide groups is 1. The average Bonchev–Trinajstić information content (AvgIpc) is 3.15. The van der Waals surface area contributed by atoms with Crippen molar-refractivity contribution in [2.75, 3.05) is 7.11 Å². The Balaban J connectivity index is 1.94. The lowest BCUT2D eigenvalue weighted by molar-refractivity contribution is -0.128. The quantitative estimate of drug-likeness (QED) is 0.734. The number of benzene rings is 2. The molecule has 0 spiro atoms. The van der Waals surface area contributed by atoms with Crippen molar-refractivity contribution in [2.24, 2.45) is 0 Å². The summed E-state index contributed by atoms with van der Waals surface area (Å²) in [7, 11) is 1.20. The number of esters is 1. The molecule has 4 rings (SSSR count). The lowest BCUT2D eigenvalue weighted by Crippen LogP contribution is -2.39. The molecule has 0 saturated carbocycles. The number of phenolic OH excluding ortho intramolecular Hbond substituents is 1. The third kappa shape index (κ3) is 2.86. The number of hydrogen-bond acceptors (Lipinski definition) is 7. The predicted octanol–water partition coefficient (Wildman–Crippen LogP) is 3.30. The second-order valence-electron chi connectivity index (χ2n) is 8.05. The molecule has 2 aromatic carbocycles. The number of methoxy groups -OCH3 is 1. The van der Waals surface area contributed by atoms with Gasteiger partial charge in [-0.25, -0.2) is 14.5 Å². The van der Waals surface area contributed by atoms with Crippen LogP contribution >= 0.6 is 0 Å². The molecule has 0 aromatic heterocycles. The first-order valence-electron chi connectivity index (χ1n) is 9.21. The fourth-order valence-electron chi connectivity index (χ4n) is 3.93. The van der Waals surface area contributed by atoms with Crippen molar-refractivity contribution in [1.29, 1.82) is 0 Å². The number of aromatic hydroxyl groups is 1. The van der Waals surface area contributed by atoms with Gasteiger partial charge < -0.3 is 19.3 Å². The number of fused-ring (bicyclic) bond motifs is 5. The Hall–Kier alpha value is -3.29. The second kappa shape index (κ2) is 6.37. The first kappa shape index (κ1) is 19.0. The highest BCUT2D eigenvalue weighted by atomic mass is 16.6. The topological polar surface area (TPSA) is 102 Å². The van der Waals surface area contributed by atoms with E-state index in [1.807, 2.05) is 0 Å². The van der Waals surface area contributed by atoms with E-state index < -0.39 is 35.7 Å². The van der Waals surface area contributed by atoms with Crippen molar-refractivity contribution < 1.29 is 33.7 Å². The number of ether oxygens (including phenoxy) is 3. The summed E-state index contributed by atoms with van der Waals surface area (Å²) in [4.78, 5) is 38.9. The minimum Gasteiger partial charge on any atom is -0.506 e. The molecule has 0 bridgehead atoms. The zero-order valence-corrected chi connectivity index (χ0v) is 16.5. The Bertz CT molecular complexity index is 1050. The summed E-state index contributed by atoms with van der Waals surface area (Å²) in [6.45, 7) is 5.09. The zero-order valence-electron chi connectivity index (χ0n) is 16.5. The van der Waals surface area contributed by atoms with Gasteiger partial charge in [0.05, 0.1) is 13.5 Å². The van der Waals surface area contributed by atoms with Crippen LogP contribution in [0.15, 0.2) is 24.3 Å². The standard InChI is InChI=1S/C21H21NO7/c1-21(2,3)29-20(26)22-13(23)9-12-16(22)14-15(19(25)27-4)17(24)10-7-5-6-8-11(10)18(14)28-12/h5-8,12,16,24H,9H2,1-4H3/t12-,16+/m1/s1. The Morgan fingerprint density at radius 3 is 2.48 bits per heavy atom. The third-order valence-corrected chi connectivity index (χ3v) is 5.00. The number of amides is 2. The lowest BCUT2D eigenvalue weighted by Gasteiger charge is -2.27. The molecule has 2 aromatic rings. The van der Waals surface area contributed by atoms with Crippen molar-refractivity contribution in [1.82, 2.24) is 4.90 Å². The van der Waals surface area contributed by atoms with Gasteiger partial charge in [-0.2, -0.15) is 0 Å². The molecule has 8 nitrogen and oxygen atoms in total. The van der Waals surface area contributed by atoms with E-state index in [0.717, 1.165) is 4.90 Å². The third-order valence-electron chi connectivity index (χ3n) is 5.00. The summed E-state index contributed by atoms with van der Waals surface area (Å²) in [5, 5.41) is 11.8. The normalized spacial score (nSPS) is 20.3. The Labute approximate surface area is 166 Å². The number of carbonyl (C=O) groups is 3. The fourth-order valence-corrected chi connectivity index (χ4v) is 3.93. The van der Waals surface area contributed by atoms with Crippen molar-refractivity contribution in [3.63, 3.8) is 0 Å². The number of hydrogen-bond donors (Lipinski definition) is 1.